The quantitative estimate of drug-likeness (QED) is 0.797. The lowest BCUT2D eigenvalue weighted by Crippen LogP contribution is -1.85. The van der Waals surface area contributed by atoms with Gasteiger partial charge in [-0.1, -0.05) is 23.1 Å². The molecule has 0 aromatic carbocycles. The molecule has 0 bridgehead atoms. The van der Waals surface area contributed by atoms with Crippen molar-refractivity contribution < 1.29 is 0 Å². The van der Waals surface area contributed by atoms with Crippen LogP contribution in [0.15, 0.2) is 30.3 Å². The second-order valence-electron chi connectivity index (χ2n) is 2.86. The molecule has 0 N–H and O–H groups in total. The summed E-state index contributed by atoms with van der Waals surface area (Å²) >= 11 is 8.18. The largest absolute Gasteiger partial charge is 0.245 e. The van der Waals surface area contributed by atoms with Crippen molar-refractivity contribution in [3.05, 3.63) is 22.3 Å². The molecular formula is C9H8BrN3S3. The maximum absolute atomic E-state index is 4.45. The summed E-state index contributed by atoms with van der Waals surface area (Å²) in [5, 5.41) is 9.09. The minimum absolute atomic E-state index is 0.929. The maximum atomic E-state index is 4.45. The van der Waals surface area contributed by atoms with Gasteiger partial charge in [0.1, 0.15) is 5.03 Å². The van der Waals surface area contributed by atoms with E-state index in [1.807, 2.05) is 25.3 Å². The third-order valence-corrected chi connectivity index (χ3v) is 5.47. The van der Waals surface area contributed by atoms with Crippen LogP contribution >= 0.6 is 50.8 Å². The van der Waals surface area contributed by atoms with Crippen LogP contribution in [0.5, 0.6) is 0 Å². The van der Waals surface area contributed by atoms with Crippen LogP contribution in [0.1, 0.15) is 5.69 Å². The Morgan fingerprint density at radius 2 is 2.00 bits per heavy atom. The van der Waals surface area contributed by atoms with Gasteiger partial charge in [0.25, 0.3) is 0 Å². The molecule has 0 aliphatic heterocycles. The average molecular weight is 334 g/mol. The van der Waals surface area contributed by atoms with E-state index in [4.69, 9.17) is 0 Å². The van der Waals surface area contributed by atoms with Crippen molar-refractivity contribution in [2.75, 3.05) is 6.26 Å². The zero-order chi connectivity index (χ0) is 11.5. The summed E-state index contributed by atoms with van der Waals surface area (Å²) < 4.78 is 2.94. The Bertz CT molecular complexity index is 500. The molecule has 2 aromatic heterocycles. The topological polar surface area (TPSA) is 38.7 Å². The van der Waals surface area contributed by atoms with Gasteiger partial charge in [0.15, 0.2) is 8.68 Å². The van der Waals surface area contributed by atoms with Gasteiger partial charge in [-0.05, 0) is 53.0 Å². The van der Waals surface area contributed by atoms with E-state index in [-0.39, 0.29) is 0 Å². The Morgan fingerprint density at radius 1 is 1.25 bits per heavy atom. The molecule has 2 rings (SSSR count). The fourth-order valence-electron chi connectivity index (χ4n) is 0.988. The van der Waals surface area contributed by atoms with E-state index in [2.05, 4.69) is 31.1 Å². The highest BCUT2D eigenvalue weighted by atomic mass is 79.9. The molecule has 0 radical (unpaired) electrons. The Balaban J connectivity index is 2.17. The number of halogens is 1. The van der Waals surface area contributed by atoms with Crippen LogP contribution in [-0.2, 0) is 0 Å². The third-order valence-electron chi connectivity index (χ3n) is 1.75. The molecule has 16 heavy (non-hydrogen) atoms. The van der Waals surface area contributed by atoms with E-state index >= 15 is 0 Å². The molecule has 0 saturated heterocycles. The SMILES string of the molecule is CSc1nnc(Sc2ccc(Br)c(C)n2)s1. The summed E-state index contributed by atoms with van der Waals surface area (Å²) in [5.74, 6) is 0. The van der Waals surface area contributed by atoms with Crippen LogP contribution < -0.4 is 0 Å². The van der Waals surface area contributed by atoms with Gasteiger partial charge in [0.2, 0.25) is 0 Å². The van der Waals surface area contributed by atoms with Gasteiger partial charge in [0, 0.05) is 4.47 Å². The molecule has 0 aliphatic rings. The average Bonchev–Trinajstić information content (AvgIpc) is 2.71. The first-order valence-electron chi connectivity index (χ1n) is 4.37. The summed E-state index contributed by atoms with van der Waals surface area (Å²) in [4.78, 5) is 4.45. The van der Waals surface area contributed by atoms with Gasteiger partial charge in [-0.3, -0.25) is 0 Å². The molecule has 7 heteroatoms. The van der Waals surface area contributed by atoms with E-state index in [0.717, 1.165) is 23.9 Å². The van der Waals surface area contributed by atoms with Crippen molar-refractivity contribution in [3.8, 4) is 0 Å². The third kappa shape index (κ3) is 2.97. The first kappa shape index (κ1) is 12.3. The highest BCUT2D eigenvalue weighted by Gasteiger charge is 2.07. The van der Waals surface area contributed by atoms with E-state index in [1.165, 1.54) is 0 Å². The van der Waals surface area contributed by atoms with Crippen LogP contribution in [0.2, 0.25) is 0 Å². The number of hydrogen-bond donors (Lipinski definition) is 0. The van der Waals surface area contributed by atoms with Crippen LogP contribution in [0.4, 0.5) is 0 Å². The van der Waals surface area contributed by atoms with Crippen molar-refractivity contribution in [1.29, 1.82) is 0 Å². The zero-order valence-corrected chi connectivity index (χ0v) is 12.6. The second kappa shape index (κ2) is 5.48. The van der Waals surface area contributed by atoms with E-state index in [0.29, 0.717) is 0 Å². The van der Waals surface area contributed by atoms with Gasteiger partial charge in [-0.15, -0.1) is 10.2 Å². The number of rotatable bonds is 3. The molecule has 0 unspecified atom stereocenters. The molecule has 2 heterocycles. The highest BCUT2D eigenvalue weighted by molar-refractivity contribution is 9.10. The number of aryl methyl sites for hydroxylation is 1. The molecule has 0 amide bonds. The monoisotopic (exact) mass is 333 g/mol. The summed E-state index contributed by atoms with van der Waals surface area (Å²) in [6.45, 7) is 1.97. The molecule has 0 atom stereocenters. The number of nitrogens with zero attached hydrogens (tertiary/aromatic N) is 3. The summed E-state index contributed by atoms with van der Waals surface area (Å²) in [6.07, 6.45) is 2.00. The smallest absolute Gasteiger partial charge is 0.181 e. The predicted octanol–water partition coefficient (Wildman–Crippen LogP) is 3.88. The second-order valence-corrected chi connectivity index (χ2v) is 7.01. The summed E-state index contributed by atoms with van der Waals surface area (Å²) in [7, 11) is 0. The number of hydrogen-bond acceptors (Lipinski definition) is 6. The zero-order valence-electron chi connectivity index (χ0n) is 8.60. The fraction of sp³-hybridized carbons (Fsp3) is 0.222. The van der Waals surface area contributed by atoms with Gasteiger partial charge >= 0.3 is 0 Å². The lowest BCUT2D eigenvalue weighted by Gasteiger charge is -1.99. The number of thioether (sulfide) groups is 1. The lowest BCUT2D eigenvalue weighted by atomic mass is 10.4. The minimum Gasteiger partial charge on any atom is -0.245 e. The van der Waals surface area contributed by atoms with Crippen molar-refractivity contribution in [1.82, 2.24) is 15.2 Å². The van der Waals surface area contributed by atoms with Crippen molar-refractivity contribution in [2.24, 2.45) is 0 Å². The molecule has 0 spiro atoms. The predicted molar refractivity (Wildman–Crippen MR) is 72.5 cm³/mol. The van der Waals surface area contributed by atoms with Crippen LogP contribution in [0.25, 0.3) is 0 Å². The Labute approximate surface area is 115 Å². The normalized spacial score (nSPS) is 10.7. The number of pyridine rings is 1. The maximum Gasteiger partial charge on any atom is 0.181 e. The fourth-order valence-corrected chi connectivity index (χ4v) is 3.61. The van der Waals surface area contributed by atoms with Gasteiger partial charge in [-0.25, -0.2) is 4.98 Å². The summed E-state index contributed by atoms with van der Waals surface area (Å²) in [5.41, 5.74) is 0.986. The summed E-state index contributed by atoms with van der Waals surface area (Å²) in [6, 6.07) is 3.98. The van der Waals surface area contributed by atoms with Gasteiger partial charge in [-0.2, -0.15) is 0 Å². The van der Waals surface area contributed by atoms with E-state index < -0.39 is 0 Å². The Morgan fingerprint density at radius 3 is 2.62 bits per heavy atom. The van der Waals surface area contributed by atoms with Gasteiger partial charge < -0.3 is 0 Å². The van der Waals surface area contributed by atoms with Crippen LogP contribution in [-0.4, -0.2) is 21.4 Å². The number of aromatic nitrogens is 3. The first-order valence-corrected chi connectivity index (χ1v) is 8.02. The van der Waals surface area contributed by atoms with Crippen molar-refractivity contribution in [3.63, 3.8) is 0 Å². The molecule has 0 saturated carbocycles. The van der Waals surface area contributed by atoms with Gasteiger partial charge in [0.05, 0.1) is 5.69 Å². The molecule has 3 nitrogen and oxygen atoms in total. The van der Waals surface area contributed by atoms with Crippen LogP contribution in [0.3, 0.4) is 0 Å². The highest BCUT2D eigenvalue weighted by Crippen LogP contribution is 2.32. The van der Waals surface area contributed by atoms with E-state index in [9.17, 15) is 0 Å². The minimum atomic E-state index is 0.929. The standard InChI is InChI=1S/C9H8BrN3S3/c1-5-6(10)3-4-7(11-5)15-9-13-12-8(14-2)16-9/h3-4H,1-2H3. The van der Waals surface area contributed by atoms with Crippen molar-refractivity contribution >= 4 is 50.8 Å². The molecule has 84 valence electrons. The van der Waals surface area contributed by atoms with E-state index in [1.54, 1.807) is 34.9 Å². The Kier molecular flexibility index (Phi) is 4.23. The molecular weight excluding hydrogens is 326 g/mol. The Hall–Kier alpha value is -0.110. The molecule has 0 fully saturated rings. The van der Waals surface area contributed by atoms with Crippen molar-refractivity contribution in [2.45, 2.75) is 20.6 Å². The van der Waals surface area contributed by atoms with Crippen LogP contribution in [0, 0.1) is 6.92 Å². The first-order chi connectivity index (χ1) is 7.69. The molecule has 0 aliphatic carbocycles. The lowest BCUT2D eigenvalue weighted by molar-refractivity contribution is 0.952. The molecule has 2 aromatic rings.